The highest BCUT2D eigenvalue weighted by Gasteiger charge is 2.22. The molecule has 2 heterocycles. The molecule has 176 valence electrons. The summed E-state index contributed by atoms with van der Waals surface area (Å²) in [6.07, 6.45) is 11.7. The minimum Gasteiger partial charge on any atom is -0.545 e. The number of carboxylic acid groups (broad SMARTS) is 2. The van der Waals surface area contributed by atoms with Gasteiger partial charge in [-0.05, 0) is 36.3 Å². The van der Waals surface area contributed by atoms with Gasteiger partial charge in [-0.3, -0.25) is 4.98 Å². The van der Waals surface area contributed by atoms with E-state index in [0.717, 1.165) is 24.4 Å². The topological polar surface area (TPSA) is 102 Å². The van der Waals surface area contributed by atoms with Crippen LogP contribution in [-0.4, -0.2) is 26.6 Å². The van der Waals surface area contributed by atoms with E-state index in [1.807, 2.05) is 24.7 Å². The molecule has 0 fully saturated rings. The molecule has 1 unspecified atom stereocenters. The smallest absolute Gasteiger partial charge is 0.328 e. The van der Waals surface area contributed by atoms with Crippen molar-refractivity contribution in [2.24, 2.45) is 0 Å². The molecular weight excluding hydrogens is 454 g/mol. The third kappa shape index (κ3) is 6.59. The van der Waals surface area contributed by atoms with E-state index >= 15 is 0 Å². The quantitative estimate of drug-likeness (QED) is 0.297. The lowest BCUT2D eigenvalue weighted by atomic mass is 10.0. The van der Waals surface area contributed by atoms with Crippen LogP contribution in [0.3, 0.4) is 0 Å². The summed E-state index contributed by atoms with van der Waals surface area (Å²) in [5, 5.41) is 19.3. The van der Waals surface area contributed by atoms with Crippen molar-refractivity contribution in [2.45, 2.75) is 32.4 Å². The first kappa shape index (κ1) is 24.8. The second kappa shape index (κ2) is 11.9. The molecule has 1 atom stereocenters. The second-order valence-corrected chi connectivity index (χ2v) is 8.15. The number of carboxylic acids is 2. The van der Waals surface area contributed by atoms with Gasteiger partial charge >= 0.3 is 5.97 Å². The number of carbonyl (C=O) groups excluding carboxylic acids is 1. The van der Waals surface area contributed by atoms with Crippen molar-refractivity contribution in [3.63, 3.8) is 0 Å². The van der Waals surface area contributed by atoms with Gasteiger partial charge in [0.1, 0.15) is 18.4 Å². The van der Waals surface area contributed by atoms with Gasteiger partial charge in [-0.1, -0.05) is 55.3 Å². The predicted molar refractivity (Wildman–Crippen MR) is 128 cm³/mol. The maximum absolute atomic E-state index is 9.53. The Kier molecular flexibility index (Phi) is 8.65. The van der Waals surface area contributed by atoms with Crippen molar-refractivity contribution in [1.29, 1.82) is 0 Å². The van der Waals surface area contributed by atoms with Crippen molar-refractivity contribution >= 4 is 34.4 Å². The van der Waals surface area contributed by atoms with Gasteiger partial charge in [0, 0.05) is 40.3 Å². The number of H-pyrrole nitrogens is 1. The van der Waals surface area contributed by atoms with E-state index in [2.05, 4.69) is 69.8 Å². The zero-order chi connectivity index (χ0) is 24.5. The Morgan fingerprint density at radius 1 is 1.18 bits per heavy atom. The van der Waals surface area contributed by atoms with Crippen LogP contribution in [0, 0.1) is 0 Å². The maximum atomic E-state index is 9.53. The number of halogens is 1. The fourth-order valence-electron chi connectivity index (χ4n) is 3.83. The number of fused-ring (bicyclic) bond motifs is 1. The number of aromatic nitrogens is 3. The fraction of sp³-hybridized carbons (Fsp3) is 0.192. The summed E-state index contributed by atoms with van der Waals surface area (Å²) in [6, 6.07) is 17.1. The van der Waals surface area contributed by atoms with Crippen LogP contribution in [0.25, 0.3) is 10.9 Å². The average molecular weight is 480 g/mol. The highest BCUT2D eigenvalue weighted by atomic mass is 35.5. The number of hydrogen-bond donors (Lipinski definition) is 2. The Morgan fingerprint density at radius 3 is 2.50 bits per heavy atom. The molecule has 0 aliphatic rings. The van der Waals surface area contributed by atoms with Crippen LogP contribution in [-0.2, 0) is 16.1 Å². The summed E-state index contributed by atoms with van der Waals surface area (Å²) in [6.45, 7) is 3.08. The zero-order valence-electron chi connectivity index (χ0n) is 18.7. The van der Waals surface area contributed by atoms with Crippen LogP contribution in [0.15, 0.2) is 85.6 Å². The van der Waals surface area contributed by atoms with Gasteiger partial charge in [-0.25, -0.2) is 9.36 Å². The van der Waals surface area contributed by atoms with Crippen molar-refractivity contribution < 1.29 is 24.4 Å². The zero-order valence-corrected chi connectivity index (χ0v) is 19.5. The van der Waals surface area contributed by atoms with Crippen LogP contribution in [0.1, 0.15) is 36.9 Å². The van der Waals surface area contributed by atoms with Gasteiger partial charge in [0.05, 0.1) is 5.97 Å². The van der Waals surface area contributed by atoms with Crippen molar-refractivity contribution in [2.75, 3.05) is 0 Å². The Morgan fingerprint density at radius 2 is 1.91 bits per heavy atom. The molecule has 2 aromatic carbocycles. The van der Waals surface area contributed by atoms with E-state index in [4.69, 9.17) is 16.7 Å². The lowest BCUT2D eigenvalue weighted by Gasteiger charge is -2.12. The molecule has 34 heavy (non-hydrogen) atoms. The summed E-state index contributed by atoms with van der Waals surface area (Å²) >= 11 is 6.03. The van der Waals surface area contributed by atoms with Crippen LogP contribution >= 0.6 is 11.6 Å². The van der Waals surface area contributed by atoms with Crippen molar-refractivity contribution in [1.82, 2.24) is 9.55 Å². The monoisotopic (exact) mass is 479 g/mol. The number of rotatable bonds is 8. The summed E-state index contributed by atoms with van der Waals surface area (Å²) < 4.78 is 4.63. The van der Waals surface area contributed by atoms with Crippen LogP contribution in [0.2, 0.25) is 5.02 Å². The molecule has 0 radical (unpaired) electrons. The molecule has 0 saturated heterocycles. The normalized spacial score (nSPS) is 11.8. The van der Waals surface area contributed by atoms with Crippen molar-refractivity contribution in [3.05, 3.63) is 102 Å². The lowest BCUT2D eigenvalue weighted by molar-refractivity contribution is -0.713. The Balaban J connectivity index is 0.000000350. The van der Waals surface area contributed by atoms with Crippen LogP contribution < -0.4 is 9.67 Å². The van der Waals surface area contributed by atoms with Gasteiger partial charge in [0.25, 0.3) is 0 Å². The van der Waals surface area contributed by atoms with Crippen molar-refractivity contribution in [3.8, 4) is 0 Å². The van der Waals surface area contributed by atoms with Gasteiger partial charge < -0.3 is 19.6 Å². The van der Waals surface area contributed by atoms with E-state index in [-0.39, 0.29) is 0 Å². The highest BCUT2D eigenvalue weighted by Crippen LogP contribution is 2.29. The molecule has 4 rings (SSSR count). The van der Waals surface area contributed by atoms with E-state index < -0.39 is 11.9 Å². The average Bonchev–Trinajstić information content (AvgIpc) is 3.47. The molecule has 0 amide bonds. The lowest BCUT2D eigenvalue weighted by Crippen LogP contribution is -2.37. The molecule has 7 nitrogen and oxygen atoms in total. The molecule has 2 N–H and O–H groups in total. The highest BCUT2D eigenvalue weighted by molar-refractivity contribution is 6.30. The van der Waals surface area contributed by atoms with Crippen LogP contribution in [0.5, 0.6) is 0 Å². The van der Waals surface area contributed by atoms with Crippen LogP contribution in [0.4, 0.5) is 0 Å². The molecule has 2 aromatic heterocycles. The number of aliphatic carboxylic acids is 2. The Labute approximate surface area is 202 Å². The molecule has 0 bridgehead atoms. The number of carbonyl (C=O) groups is 2. The SMILES string of the molecule is CCCC(c1cn(Cc2ccc(Cl)cc2)c2ccccc12)[n+]1cc[nH]c1.O=C([O-])/C=C\C(=O)O. The number of aromatic amines is 1. The maximum Gasteiger partial charge on any atom is 0.328 e. The molecular formula is C26H26ClN3O4. The molecule has 0 spiro atoms. The van der Waals surface area contributed by atoms with Gasteiger partial charge in [0.15, 0.2) is 0 Å². The van der Waals surface area contributed by atoms with E-state index in [1.54, 1.807) is 0 Å². The Hall–Kier alpha value is -3.84. The first-order valence-corrected chi connectivity index (χ1v) is 11.2. The summed E-state index contributed by atoms with van der Waals surface area (Å²) in [5.41, 5.74) is 3.90. The minimum atomic E-state index is -1.51. The number of nitrogens with one attached hydrogen (secondary N) is 1. The first-order valence-electron chi connectivity index (χ1n) is 10.9. The molecule has 4 aromatic rings. The van der Waals surface area contributed by atoms with E-state index in [0.29, 0.717) is 18.2 Å². The van der Waals surface area contributed by atoms with Gasteiger partial charge in [-0.15, -0.1) is 0 Å². The molecule has 8 heteroatoms. The largest absolute Gasteiger partial charge is 0.545 e. The van der Waals surface area contributed by atoms with Gasteiger partial charge in [0.2, 0.25) is 6.33 Å². The standard InChI is InChI=1S/C22H22ClN3.C4H4O4/c1-2-5-21(25-13-12-24-16-25)20-15-26(22-7-4-3-6-19(20)22)14-17-8-10-18(23)11-9-17;5-3(6)1-2-4(7)8/h3-4,6-13,15-16,21H,2,5,14H2,1H3;1-2H,(H,5,6)(H,7,8)/b;2-1-. The molecule has 0 saturated carbocycles. The summed E-state index contributed by atoms with van der Waals surface area (Å²) in [7, 11) is 0. The number of imidazole rings is 1. The minimum absolute atomic E-state index is 0.336. The first-order chi connectivity index (χ1) is 16.4. The third-order valence-corrected chi connectivity index (χ3v) is 5.55. The second-order valence-electron chi connectivity index (χ2n) is 7.71. The summed E-state index contributed by atoms with van der Waals surface area (Å²) in [5.74, 6) is -2.80. The van der Waals surface area contributed by atoms with E-state index in [1.165, 1.54) is 22.0 Å². The number of para-hydroxylation sites is 1. The molecule has 0 aliphatic carbocycles. The number of benzene rings is 2. The number of hydrogen-bond acceptors (Lipinski definition) is 3. The molecule has 0 aliphatic heterocycles. The predicted octanol–water partition coefficient (Wildman–Crippen LogP) is 3.73. The van der Waals surface area contributed by atoms with E-state index in [9.17, 15) is 14.7 Å². The fourth-order valence-corrected chi connectivity index (χ4v) is 3.96. The third-order valence-electron chi connectivity index (χ3n) is 5.30. The Bertz CT molecular complexity index is 1250. The number of nitrogens with zero attached hydrogens (tertiary/aromatic N) is 2. The summed E-state index contributed by atoms with van der Waals surface area (Å²) in [4.78, 5) is 22.2. The van der Waals surface area contributed by atoms with Gasteiger partial charge in [-0.2, -0.15) is 0 Å².